The molecule has 0 aliphatic carbocycles. The molecule has 1 aliphatic heterocycles. The first-order valence-corrected chi connectivity index (χ1v) is 11.4. The highest BCUT2D eigenvalue weighted by molar-refractivity contribution is 5.69. The van der Waals surface area contributed by atoms with Gasteiger partial charge in [0.05, 0.1) is 17.0 Å². The standard InChI is InChI=1S/C25H23F6N3O4/c1-23(2,3)37-22(35)34-11-16(12-34)21-32-20(33-38-21)15-6-9-19(18(10-15)25(29,30)31)36-13-14-4-7-17(8-5-14)24(26,27)28/h4-10,16H,11-13H2,1-3H3. The van der Waals surface area contributed by atoms with Crippen LogP contribution in [0, 0.1) is 0 Å². The largest absolute Gasteiger partial charge is 0.488 e. The predicted octanol–water partition coefficient (Wildman–Crippen LogP) is 6.69. The molecule has 1 aromatic heterocycles. The molecule has 0 spiro atoms. The van der Waals surface area contributed by atoms with Gasteiger partial charge in [-0.1, -0.05) is 17.3 Å². The summed E-state index contributed by atoms with van der Waals surface area (Å²) in [6, 6.07) is 7.14. The minimum Gasteiger partial charge on any atom is -0.488 e. The summed E-state index contributed by atoms with van der Waals surface area (Å²) in [5.74, 6) is -0.680. The zero-order chi connectivity index (χ0) is 27.9. The van der Waals surface area contributed by atoms with Crippen molar-refractivity contribution in [1.82, 2.24) is 15.0 Å². The number of hydrogen-bond donors (Lipinski definition) is 0. The minimum atomic E-state index is -4.79. The zero-order valence-electron chi connectivity index (χ0n) is 20.5. The molecule has 3 aromatic rings. The van der Waals surface area contributed by atoms with Crippen molar-refractivity contribution < 1.29 is 45.1 Å². The third-order valence-electron chi connectivity index (χ3n) is 5.54. The van der Waals surface area contributed by atoms with Crippen molar-refractivity contribution in [3.05, 3.63) is 65.0 Å². The summed E-state index contributed by atoms with van der Waals surface area (Å²) < 4.78 is 95.2. The van der Waals surface area contributed by atoms with Gasteiger partial charge in [0, 0.05) is 18.7 Å². The van der Waals surface area contributed by atoms with Gasteiger partial charge in [-0.15, -0.1) is 0 Å². The molecule has 0 radical (unpaired) electrons. The molecule has 1 saturated heterocycles. The Morgan fingerprint density at radius 1 is 1.00 bits per heavy atom. The van der Waals surface area contributed by atoms with Crippen LogP contribution in [0.5, 0.6) is 5.75 Å². The maximum absolute atomic E-state index is 13.8. The number of benzene rings is 2. The fourth-order valence-corrected chi connectivity index (χ4v) is 3.60. The SMILES string of the molecule is CC(C)(C)OC(=O)N1CC(c2nc(-c3ccc(OCc4ccc(C(F)(F)F)cc4)c(C(F)(F)F)c3)no2)C1. The quantitative estimate of drug-likeness (QED) is 0.334. The van der Waals surface area contributed by atoms with E-state index in [1.54, 1.807) is 20.8 Å². The van der Waals surface area contributed by atoms with E-state index in [9.17, 15) is 31.1 Å². The van der Waals surface area contributed by atoms with E-state index in [1.807, 2.05) is 0 Å². The molecule has 2 heterocycles. The second-order valence-electron chi connectivity index (χ2n) is 9.73. The molecule has 4 rings (SSSR count). The molecular formula is C25H23F6N3O4. The number of hydrogen-bond acceptors (Lipinski definition) is 6. The number of alkyl halides is 6. The van der Waals surface area contributed by atoms with Gasteiger partial charge in [-0.2, -0.15) is 31.3 Å². The number of ether oxygens (including phenoxy) is 2. The first-order chi connectivity index (χ1) is 17.6. The topological polar surface area (TPSA) is 77.7 Å². The molecule has 1 fully saturated rings. The van der Waals surface area contributed by atoms with Crippen LogP contribution in [0.25, 0.3) is 11.4 Å². The van der Waals surface area contributed by atoms with Gasteiger partial charge in [0.2, 0.25) is 11.7 Å². The average Bonchev–Trinajstić information content (AvgIpc) is 3.24. The Hall–Kier alpha value is -3.77. The van der Waals surface area contributed by atoms with Crippen molar-refractivity contribution in [1.29, 1.82) is 0 Å². The number of aromatic nitrogens is 2. The van der Waals surface area contributed by atoms with Gasteiger partial charge in [-0.25, -0.2) is 4.79 Å². The van der Waals surface area contributed by atoms with E-state index >= 15 is 0 Å². The summed E-state index contributed by atoms with van der Waals surface area (Å²) in [7, 11) is 0. The second kappa shape index (κ2) is 9.84. The predicted molar refractivity (Wildman–Crippen MR) is 121 cm³/mol. The molecule has 7 nitrogen and oxygen atoms in total. The zero-order valence-corrected chi connectivity index (χ0v) is 20.5. The van der Waals surface area contributed by atoms with E-state index in [0.717, 1.165) is 36.4 Å². The van der Waals surface area contributed by atoms with Gasteiger partial charge in [0.25, 0.3) is 0 Å². The lowest BCUT2D eigenvalue weighted by Crippen LogP contribution is -2.50. The van der Waals surface area contributed by atoms with Gasteiger partial charge in [0.1, 0.15) is 18.0 Å². The second-order valence-corrected chi connectivity index (χ2v) is 9.73. The number of amides is 1. The molecule has 0 bridgehead atoms. The van der Waals surface area contributed by atoms with Crippen molar-refractivity contribution in [3.8, 4) is 17.1 Å². The Morgan fingerprint density at radius 2 is 1.66 bits per heavy atom. The number of carbonyl (C=O) groups is 1. The number of nitrogens with zero attached hydrogens (tertiary/aromatic N) is 3. The third kappa shape index (κ3) is 6.37. The van der Waals surface area contributed by atoms with Gasteiger partial charge in [-0.3, -0.25) is 0 Å². The fraction of sp³-hybridized carbons (Fsp3) is 0.400. The lowest BCUT2D eigenvalue weighted by Gasteiger charge is -2.37. The van der Waals surface area contributed by atoms with E-state index in [1.165, 1.54) is 11.0 Å². The molecule has 1 aliphatic rings. The van der Waals surface area contributed by atoms with Crippen LogP contribution in [0.3, 0.4) is 0 Å². The Balaban J connectivity index is 1.45. The average molecular weight is 543 g/mol. The van der Waals surface area contributed by atoms with Crippen LogP contribution >= 0.6 is 0 Å². The van der Waals surface area contributed by atoms with Crippen molar-refractivity contribution >= 4 is 6.09 Å². The monoisotopic (exact) mass is 543 g/mol. The summed E-state index contributed by atoms with van der Waals surface area (Å²) >= 11 is 0. The van der Waals surface area contributed by atoms with Crippen LogP contribution < -0.4 is 4.74 Å². The summed E-state index contributed by atoms with van der Waals surface area (Å²) in [5, 5.41) is 3.77. The molecule has 0 saturated carbocycles. The van der Waals surface area contributed by atoms with Gasteiger partial charge < -0.3 is 18.9 Å². The van der Waals surface area contributed by atoms with Crippen LogP contribution in [0.1, 0.15) is 49.3 Å². The smallest absolute Gasteiger partial charge is 0.419 e. The van der Waals surface area contributed by atoms with Gasteiger partial charge in [0.15, 0.2) is 0 Å². The Labute approximate surface area is 213 Å². The molecule has 0 unspecified atom stereocenters. The van der Waals surface area contributed by atoms with Crippen molar-refractivity contribution in [2.75, 3.05) is 13.1 Å². The van der Waals surface area contributed by atoms with E-state index in [2.05, 4.69) is 10.1 Å². The van der Waals surface area contributed by atoms with Crippen LogP contribution in [0.2, 0.25) is 0 Å². The Bertz CT molecular complexity index is 1290. The van der Waals surface area contributed by atoms with E-state index < -0.39 is 40.9 Å². The molecule has 2 aromatic carbocycles. The minimum absolute atomic E-state index is 0.0255. The lowest BCUT2D eigenvalue weighted by molar-refractivity contribution is -0.139. The van der Waals surface area contributed by atoms with Crippen molar-refractivity contribution in [2.24, 2.45) is 0 Å². The highest BCUT2D eigenvalue weighted by Gasteiger charge is 2.39. The Morgan fingerprint density at radius 3 is 2.24 bits per heavy atom. The number of carbonyl (C=O) groups excluding carboxylic acids is 1. The highest BCUT2D eigenvalue weighted by Crippen LogP contribution is 2.39. The maximum Gasteiger partial charge on any atom is 0.419 e. The van der Waals surface area contributed by atoms with Crippen molar-refractivity contribution in [2.45, 2.75) is 51.2 Å². The van der Waals surface area contributed by atoms with E-state index in [-0.39, 0.29) is 48.5 Å². The summed E-state index contributed by atoms with van der Waals surface area (Å²) in [5.41, 5.74) is -2.34. The first-order valence-electron chi connectivity index (χ1n) is 11.4. The summed E-state index contributed by atoms with van der Waals surface area (Å²) in [6.45, 7) is 5.39. The normalized spacial score (nSPS) is 14.8. The summed E-state index contributed by atoms with van der Waals surface area (Å²) in [6.07, 6.45) is -9.81. The molecule has 204 valence electrons. The first kappa shape index (κ1) is 27.3. The van der Waals surface area contributed by atoms with Crippen LogP contribution in [-0.4, -0.2) is 39.8 Å². The summed E-state index contributed by atoms with van der Waals surface area (Å²) in [4.78, 5) is 17.7. The Kier molecular flexibility index (Phi) is 7.06. The van der Waals surface area contributed by atoms with E-state index in [0.29, 0.717) is 0 Å². The number of likely N-dealkylation sites (tertiary alicyclic amines) is 1. The molecular weight excluding hydrogens is 520 g/mol. The van der Waals surface area contributed by atoms with E-state index in [4.69, 9.17) is 14.0 Å². The maximum atomic E-state index is 13.8. The van der Waals surface area contributed by atoms with Crippen LogP contribution in [0.15, 0.2) is 47.0 Å². The fourth-order valence-electron chi connectivity index (χ4n) is 3.60. The van der Waals surface area contributed by atoms with Crippen LogP contribution in [0.4, 0.5) is 31.1 Å². The molecule has 0 atom stereocenters. The molecule has 13 heteroatoms. The number of rotatable bonds is 5. The van der Waals surface area contributed by atoms with Crippen LogP contribution in [-0.2, 0) is 23.7 Å². The molecule has 0 N–H and O–H groups in total. The molecule has 1 amide bonds. The third-order valence-corrected chi connectivity index (χ3v) is 5.54. The number of halogens is 6. The van der Waals surface area contributed by atoms with Gasteiger partial charge >= 0.3 is 18.4 Å². The van der Waals surface area contributed by atoms with Crippen molar-refractivity contribution in [3.63, 3.8) is 0 Å². The highest BCUT2D eigenvalue weighted by atomic mass is 19.4. The lowest BCUT2D eigenvalue weighted by atomic mass is 10.0. The molecule has 38 heavy (non-hydrogen) atoms. The van der Waals surface area contributed by atoms with Gasteiger partial charge in [-0.05, 0) is 56.7 Å².